The second-order valence-electron chi connectivity index (χ2n) is 6.13. The van der Waals surface area contributed by atoms with Crippen molar-refractivity contribution in [3.63, 3.8) is 0 Å². The Morgan fingerprint density at radius 2 is 1.67 bits per heavy atom. The maximum absolute atomic E-state index is 12.4. The molecule has 0 fully saturated rings. The molecule has 0 saturated heterocycles. The lowest BCUT2D eigenvalue weighted by molar-refractivity contribution is 0.102. The van der Waals surface area contributed by atoms with Crippen molar-refractivity contribution >= 4 is 38.8 Å². The fourth-order valence-corrected chi connectivity index (χ4v) is 3.02. The zero-order valence-electron chi connectivity index (χ0n) is 15.8. The van der Waals surface area contributed by atoms with Crippen LogP contribution in [0.4, 0.5) is 22.7 Å². The smallest absolute Gasteiger partial charge is 0.294 e. The molecule has 0 unspecified atom stereocenters. The van der Waals surface area contributed by atoms with Crippen molar-refractivity contribution in [2.75, 3.05) is 18.2 Å². The number of hydrogen-bond acceptors (Lipinski definition) is 7. The molecule has 0 saturated carbocycles. The van der Waals surface area contributed by atoms with E-state index in [1.54, 1.807) is 42.5 Å². The first kappa shape index (κ1) is 21.0. The van der Waals surface area contributed by atoms with E-state index in [0.29, 0.717) is 28.4 Å². The highest BCUT2D eigenvalue weighted by atomic mass is 32.2. The summed E-state index contributed by atoms with van der Waals surface area (Å²) in [7, 11) is -2.88. The van der Waals surface area contributed by atoms with Crippen LogP contribution in [0.1, 0.15) is 10.4 Å². The van der Waals surface area contributed by atoms with Crippen molar-refractivity contribution in [3.8, 4) is 5.75 Å². The Hall–Kier alpha value is -3.76. The first-order valence-electron chi connectivity index (χ1n) is 8.60. The van der Waals surface area contributed by atoms with Gasteiger partial charge < -0.3 is 15.8 Å². The molecule has 0 spiro atoms. The maximum atomic E-state index is 12.4. The van der Waals surface area contributed by atoms with Crippen LogP contribution in [-0.2, 0) is 10.1 Å². The van der Waals surface area contributed by atoms with Crippen LogP contribution in [0, 0.1) is 0 Å². The Morgan fingerprint density at radius 3 is 2.30 bits per heavy atom. The number of azo groups is 1. The molecule has 0 radical (unpaired) electrons. The molecule has 0 heterocycles. The maximum Gasteiger partial charge on any atom is 0.294 e. The average molecular weight is 426 g/mol. The second-order valence-corrected chi connectivity index (χ2v) is 7.55. The van der Waals surface area contributed by atoms with Crippen LogP contribution in [0.25, 0.3) is 0 Å². The van der Waals surface area contributed by atoms with Crippen LogP contribution < -0.4 is 15.8 Å². The van der Waals surface area contributed by atoms with Gasteiger partial charge >= 0.3 is 0 Å². The standard InChI is InChI=1S/C20H18N4O5S/c1-29-19-12-16(24-23-15-3-2-4-17(11-15)30(26,27)28)9-10-18(19)22-20(25)13-5-7-14(21)8-6-13/h2-12H,21H2,1H3,(H,22,25)(H,26,27,28). The lowest BCUT2D eigenvalue weighted by Gasteiger charge is -2.11. The molecule has 0 aliphatic heterocycles. The van der Waals surface area contributed by atoms with E-state index in [1.165, 1.54) is 31.4 Å². The molecular weight excluding hydrogens is 408 g/mol. The van der Waals surface area contributed by atoms with E-state index < -0.39 is 10.1 Å². The zero-order chi connectivity index (χ0) is 21.7. The van der Waals surface area contributed by atoms with Gasteiger partial charge in [-0.3, -0.25) is 9.35 Å². The topological polar surface area (TPSA) is 143 Å². The highest BCUT2D eigenvalue weighted by molar-refractivity contribution is 7.85. The minimum absolute atomic E-state index is 0.241. The summed E-state index contributed by atoms with van der Waals surface area (Å²) < 4.78 is 36.8. The van der Waals surface area contributed by atoms with Gasteiger partial charge in [0.1, 0.15) is 5.75 Å². The molecule has 9 nitrogen and oxygen atoms in total. The van der Waals surface area contributed by atoms with Crippen LogP contribution in [0.3, 0.4) is 0 Å². The van der Waals surface area contributed by atoms with E-state index in [0.717, 1.165) is 0 Å². The molecule has 3 aromatic carbocycles. The van der Waals surface area contributed by atoms with Gasteiger partial charge in [0.2, 0.25) is 0 Å². The fraction of sp³-hybridized carbons (Fsp3) is 0.0500. The number of nitrogens with one attached hydrogen (secondary N) is 1. The van der Waals surface area contributed by atoms with Gasteiger partial charge in [0.05, 0.1) is 29.1 Å². The molecule has 4 N–H and O–H groups in total. The van der Waals surface area contributed by atoms with E-state index in [1.807, 2.05) is 0 Å². The number of ether oxygens (including phenoxy) is 1. The third kappa shape index (κ3) is 5.19. The molecule has 0 bridgehead atoms. The van der Waals surface area contributed by atoms with Crippen molar-refractivity contribution in [3.05, 3.63) is 72.3 Å². The molecular formula is C20H18N4O5S. The van der Waals surface area contributed by atoms with Gasteiger partial charge in [0.25, 0.3) is 16.0 Å². The Morgan fingerprint density at radius 1 is 1.00 bits per heavy atom. The first-order chi connectivity index (χ1) is 14.3. The molecule has 10 heteroatoms. The summed E-state index contributed by atoms with van der Waals surface area (Å²) in [5, 5.41) is 10.8. The summed E-state index contributed by atoms with van der Waals surface area (Å²) in [5.74, 6) is 0.0339. The average Bonchev–Trinajstić information content (AvgIpc) is 2.73. The molecule has 30 heavy (non-hydrogen) atoms. The van der Waals surface area contributed by atoms with Crippen molar-refractivity contribution in [2.45, 2.75) is 4.90 Å². The van der Waals surface area contributed by atoms with Crippen molar-refractivity contribution in [1.82, 2.24) is 0 Å². The number of methoxy groups -OCH3 is 1. The highest BCUT2D eigenvalue weighted by Gasteiger charge is 2.11. The molecule has 3 rings (SSSR count). The summed E-state index contributed by atoms with van der Waals surface area (Å²) in [6.07, 6.45) is 0. The number of rotatable bonds is 6. The number of amides is 1. The predicted octanol–water partition coefficient (Wildman–Crippen LogP) is 4.19. The van der Waals surface area contributed by atoms with E-state index >= 15 is 0 Å². The van der Waals surface area contributed by atoms with Gasteiger partial charge in [-0.05, 0) is 54.6 Å². The van der Waals surface area contributed by atoms with E-state index in [2.05, 4.69) is 15.5 Å². The number of nitrogen functional groups attached to an aromatic ring is 1. The number of anilines is 2. The third-order valence-corrected chi connectivity index (χ3v) is 4.85. The summed E-state index contributed by atoms with van der Waals surface area (Å²) in [4.78, 5) is 12.1. The van der Waals surface area contributed by atoms with Crippen molar-refractivity contribution < 1.29 is 22.5 Å². The zero-order valence-corrected chi connectivity index (χ0v) is 16.6. The molecule has 0 atom stereocenters. The predicted molar refractivity (Wildman–Crippen MR) is 112 cm³/mol. The number of carbonyl (C=O) groups is 1. The fourth-order valence-electron chi connectivity index (χ4n) is 2.50. The number of hydrogen-bond donors (Lipinski definition) is 3. The monoisotopic (exact) mass is 426 g/mol. The third-order valence-electron chi connectivity index (χ3n) is 4.00. The van der Waals surface area contributed by atoms with E-state index in [-0.39, 0.29) is 16.5 Å². The molecule has 0 aliphatic carbocycles. The van der Waals surface area contributed by atoms with Crippen LogP contribution in [-0.4, -0.2) is 26.0 Å². The Bertz CT molecular complexity index is 1210. The van der Waals surface area contributed by atoms with Gasteiger partial charge in [-0.2, -0.15) is 18.6 Å². The minimum atomic E-state index is -4.33. The van der Waals surface area contributed by atoms with Crippen LogP contribution >= 0.6 is 0 Å². The highest BCUT2D eigenvalue weighted by Crippen LogP contribution is 2.31. The van der Waals surface area contributed by atoms with Gasteiger partial charge in [-0.25, -0.2) is 0 Å². The molecule has 0 aromatic heterocycles. The Kier molecular flexibility index (Phi) is 6.09. The van der Waals surface area contributed by atoms with Crippen LogP contribution in [0.5, 0.6) is 5.75 Å². The van der Waals surface area contributed by atoms with Gasteiger partial charge in [0, 0.05) is 17.3 Å². The van der Waals surface area contributed by atoms with Crippen LogP contribution in [0.2, 0.25) is 0 Å². The van der Waals surface area contributed by atoms with E-state index in [9.17, 15) is 13.2 Å². The molecule has 3 aromatic rings. The Balaban J connectivity index is 1.79. The van der Waals surface area contributed by atoms with Crippen molar-refractivity contribution in [1.29, 1.82) is 0 Å². The first-order valence-corrected chi connectivity index (χ1v) is 10.0. The molecule has 154 valence electrons. The minimum Gasteiger partial charge on any atom is -0.494 e. The lowest BCUT2D eigenvalue weighted by atomic mass is 10.2. The largest absolute Gasteiger partial charge is 0.494 e. The number of benzene rings is 3. The number of nitrogens with zero attached hydrogens (tertiary/aromatic N) is 2. The Labute approximate surface area is 173 Å². The summed E-state index contributed by atoms with van der Waals surface area (Å²) in [6.45, 7) is 0. The normalized spacial score (nSPS) is 11.4. The quantitative estimate of drug-likeness (QED) is 0.306. The molecule has 1 amide bonds. The molecule has 0 aliphatic rings. The van der Waals surface area contributed by atoms with Gasteiger partial charge in [-0.1, -0.05) is 6.07 Å². The van der Waals surface area contributed by atoms with Crippen molar-refractivity contribution in [2.24, 2.45) is 10.2 Å². The number of nitrogens with two attached hydrogens (primary N) is 1. The van der Waals surface area contributed by atoms with E-state index in [4.69, 9.17) is 15.0 Å². The van der Waals surface area contributed by atoms with Crippen LogP contribution in [0.15, 0.2) is 81.9 Å². The summed E-state index contributed by atoms with van der Waals surface area (Å²) in [6, 6.07) is 16.7. The van der Waals surface area contributed by atoms with Gasteiger partial charge in [-0.15, -0.1) is 0 Å². The summed E-state index contributed by atoms with van der Waals surface area (Å²) in [5.41, 5.74) is 7.71. The SMILES string of the molecule is COc1cc(N=Nc2cccc(S(=O)(=O)O)c2)ccc1NC(=O)c1ccc(N)cc1. The second kappa shape index (κ2) is 8.72. The summed E-state index contributed by atoms with van der Waals surface area (Å²) >= 11 is 0. The number of carbonyl (C=O) groups excluding carboxylic acids is 1. The van der Waals surface area contributed by atoms with Gasteiger partial charge in [0.15, 0.2) is 0 Å². The lowest BCUT2D eigenvalue weighted by Crippen LogP contribution is -2.12.